The van der Waals surface area contributed by atoms with Gasteiger partial charge >= 0.3 is 0 Å². The smallest absolute Gasteiger partial charge is 0.252 e. The summed E-state index contributed by atoms with van der Waals surface area (Å²) in [4.78, 5) is 21.8. The molecule has 0 saturated carbocycles. The lowest BCUT2D eigenvalue weighted by Crippen LogP contribution is -2.25. The number of carbonyl (C=O) groups is 1. The number of nitrogens with zero attached hydrogens (tertiary/aromatic N) is 4. The molecule has 0 fully saturated rings. The van der Waals surface area contributed by atoms with Crippen molar-refractivity contribution in [2.45, 2.75) is 39.7 Å². The van der Waals surface area contributed by atoms with Crippen molar-refractivity contribution in [2.24, 2.45) is 0 Å². The Kier molecular flexibility index (Phi) is 5.57. The first-order chi connectivity index (χ1) is 16.4. The fraction of sp³-hybridized carbons (Fsp3) is 0.231. The third-order valence-corrected chi connectivity index (χ3v) is 5.84. The van der Waals surface area contributed by atoms with Gasteiger partial charge in [-0.1, -0.05) is 30.3 Å². The number of fused-ring (bicyclic) bond motifs is 1. The minimum atomic E-state index is -0.306. The third kappa shape index (κ3) is 4.14. The summed E-state index contributed by atoms with van der Waals surface area (Å²) in [6.07, 6.45) is 0.258. The van der Waals surface area contributed by atoms with Gasteiger partial charge in [0.25, 0.3) is 5.95 Å². The Morgan fingerprint density at radius 2 is 1.82 bits per heavy atom. The number of nitrogens with one attached hydrogen (secondary N) is 1. The highest BCUT2D eigenvalue weighted by atomic mass is 19.1. The Hall–Kier alpha value is -4.07. The number of para-hydroxylation sites is 1. The van der Waals surface area contributed by atoms with Gasteiger partial charge in [0, 0.05) is 34.9 Å². The number of hydrogen-bond acceptors (Lipinski definition) is 5. The van der Waals surface area contributed by atoms with Gasteiger partial charge in [-0.3, -0.25) is 4.79 Å². The quantitative estimate of drug-likeness (QED) is 0.466. The predicted octanol–water partition coefficient (Wildman–Crippen LogP) is 4.78. The van der Waals surface area contributed by atoms with Crippen LogP contribution in [0, 0.1) is 26.6 Å². The minimum Gasteiger partial charge on any atom is -0.489 e. The summed E-state index contributed by atoms with van der Waals surface area (Å²) in [5, 5.41) is 7.65. The topological polar surface area (TPSA) is 81.9 Å². The molecule has 2 aromatic heterocycles. The van der Waals surface area contributed by atoms with Crippen molar-refractivity contribution in [3.63, 3.8) is 0 Å². The van der Waals surface area contributed by atoms with Gasteiger partial charge in [-0.2, -0.15) is 9.78 Å². The molecule has 172 valence electrons. The van der Waals surface area contributed by atoms with Crippen LogP contribution in [0.4, 0.5) is 10.2 Å². The summed E-state index contributed by atoms with van der Waals surface area (Å²) in [5.74, 6) is 0.948. The van der Waals surface area contributed by atoms with E-state index in [1.807, 2.05) is 57.2 Å². The summed E-state index contributed by atoms with van der Waals surface area (Å²) in [7, 11) is 0. The Morgan fingerprint density at radius 3 is 2.59 bits per heavy atom. The van der Waals surface area contributed by atoms with E-state index in [0.717, 1.165) is 33.8 Å². The highest BCUT2D eigenvalue weighted by molar-refractivity contribution is 5.95. The second kappa shape index (κ2) is 8.70. The molecule has 0 aliphatic carbocycles. The highest BCUT2D eigenvalue weighted by Gasteiger charge is 2.34. The van der Waals surface area contributed by atoms with E-state index < -0.39 is 0 Å². The Bertz CT molecular complexity index is 1380. The van der Waals surface area contributed by atoms with E-state index in [9.17, 15) is 9.18 Å². The maximum absolute atomic E-state index is 13.6. The molecular formula is C26H24FN5O2. The molecule has 3 heterocycles. The van der Waals surface area contributed by atoms with Gasteiger partial charge < -0.3 is 10.1 Å². The van der Waals surface area contributed by atoms with E-state index in [1.54, 1.807) is 10.7 Å². The monoisotopic (exact) mass is 457 g/mol. The zero-order valence-corrected chi connectivity index (χ0v) is 19.2. The van der Waals surface area contributed by atoms with Crippen molar-refractivity contribution in [1.82, 2.24) is 19.7 Å². The molecule has 2 aromatic carbocycles. The first kappa shape index (κ1) is 21.8. The molecule has 1 atom stereocenters. The Morgan fingerprint density at radius 1 is 1.06 bits per heavy atom. The molecule has 1 N–H and O–H groups in total. The normalized spacial score (nSPS) is 15.1. The van der Waals surface area contributed by atoms with Crippen LogP contribution in [-0.4, -0.2) is 25.7 Å². The molecule has 1 unspecified atom stereocenters. The van der Waals surface area contributed by atoms with Gasteiger partial charge in [0.2, 0.25) is 5.91 Å². The summed E-state index contributed by atoms with van der Waals surface area (Å²) in [5.41, 5.74) is 4.93. The molecule has 7 nitrogen and oxygen atoms in total. The number of benzene rings is 2. The van der Waals surface area contributed by atoms with E-state index in [2.05, 4.69) is 20.4 Å². The molecule has 5 rings (SSSR count). The first-order valence-electron chi connectivity index (χ1n) is 11.1. The van der Waals surface area contributed by atoms with E-state index in [0.29, 0.717) is 17.5 Å². The van der Waals surface area contributed by atoms with Crippen molar-refractivity contribution in [3.8, 4) is 11.7 Å². The van der Waals surface area contributed by atoms with Gasteiger partial charge in [0.1, 0.15) is 24.0 Å². The lowest BCUT2D eigenvalue weighted by molar-refractivity contribution is -0.116. The number of hydrogen-bond donors (Lipinski definition) is 1. The van der Waals surface area contributed by atoms with E-state index >= 15 is 0 Å². The van der Waals surface area contributed by atoms with Crippen LogP contribution in [0.2, 0.25) is 0 Å². The number of carbonyl (C=O) groups excluding carboxylic acids is 1. The summed E-state index contributed by atoms with van der Waals surface area (Å²) in [6, 6.07) is 15.8. The van der Waals surface area contributed by atoms with E-state index in [4.69, 9.17) is 4.74 Å². The van der Waals surface area contributed by atoms with Crippen LogP contribution in [-0.2, 0) is 11.4 Å². The number of aromatic nitrogens is 4. The standard InChI is InChI=1S/C26H24FN5O2/c1-15-11-16(2)29-26(28-15)32-25-24(17(3)31-32)21(13-23(33)30-25)20-9-4-5-10-22(20)34-14-18-7-6-8-19(27)12-18/h4-12,21H,13-14H2,1-3H3,(H,30,33). The largest absolute Gasteiger partial charge is 0.489 e. The predicted molar refractivity (Wildman–Crippen MR) is 126 cm³/mol. The van der Waals surface area contributed by atoms with Crippen LogP contribution in [0.15, 0.2) is 54.6 Å². The average molecular weight is 458 g/mol. The number of anilines is 1. The molecule has 0 radical (unpaired) electrons. The van der Waals surface area contributed by atoms with Gasteiger partial charge in [0.05, 0.1) is 5.69 Å². The zero-order chi connectivity index (χ0) is 23.8. The van der Waals surface area contributed by atoms with Crippen LogP contribution < -0.4 is 10.1 Å². The lowest BCUT2D eigenvalue weighted by atomic mass is 9.85. The second-order valence-electron chi connectivity index (χ2n) is 8.47. The van der Waals surface area contributed by atoms with Crippen LogP contribution >= 0.6 is 0 Å². The highest BCUT2D eigenvalue weighted by Crippen LogP contribution is 2.43. The molecule has 34 heavy (non-hydrogen) atoms. The van der Waals surface area contributed by atoms with Gasteiger partial charge in [0.15, 0.2) is 0 Å². The van der Waals surface area contributed by atoms with Gasteiger partial charge in [-0.25, -0.2) is 14.4 Å². The number of ether oxygens (including phenoxy) is 1. The van der Waals surface area contributed by atoms with Gasteiger partial charge in [-0.05, 0) is 50.6 Å². The van der Waals surface area contributed by atoms with Crippen LogP contribution in [0.5, 0.6) is 5.75 Å². The lowest BCUT2D eigenvalue weighted by Gasteiger charge is -2.26. The fourth-order valence-electron chi connectivity index (χ4n) is 4.45. The second-order valence-corrected chi connectivity index (χ2v) is 8.47. The average Bonchev–Trinajstić information content (AvgIpc) is 3.13. The molecule has 0 bridgehead atoms. The fourth-order valence-corrected chi connectivity index (χ4v) is 4.45. The van der Waals surface area contributed by atoms with Crippen molar-refractivity contribution in [3.05, 3.63) is 94.2 Å². The third-order valence-electron chi connectivity index (χ3n) is 5.84. The number of rotatable bonds is 5. The molecule has 4 aromatic rings. The Balaban J connectivity index is 1.55. The van der Waals surface area contributed by atoms with Crippen molar-refractivity contribution in [2.75, 3.05) is 5.32 Å². The maximum Gasteiger partial charge on any atom is 0.252 e. The minimum absolute atomic E-state index is 0.122. The van der Waals surface area contributed by atoms with Crippen molar-refractivity contribution < 1.29 is 13.9 Å². The number of amides is 1. The first-order valence-corrected chi connectivity index (χ1v) is 11.1. The van der Waals surface area contributed by atoms with Crippen LogP contribution in [0.25, 0.3) is 5.95 Å². The summed E-state index contributed by atoms with van der Waals surface area (Å²) < 4.78 is 21.3. The maximum atomic E-state index is 13.6. The van der Waals surface area contributed by atoms with Crippen LogP contribution in [0.1, 0.15) is 46.1 Å². The molecule has 0 saturated heterocycles. The number of halogens is 1. The molecule has 8 heteroatoms. The number of aryl methyl sites for hydroxylation is 3. The van der Waals surface area contributed by atoms with E-state index in [1.165, 1.54) is 12.1 Å². The summed E-state index contributed by atoms with van der Waals surface area (Å²) in [6.45, 7) is 5.93. The van der Waals surface area contributed by atoms with Crippen LogP contribution in [0.3, 0.4) is 0 Å². The Labute approximate surface area is 196 Å². The molecule has 1 aliphatic heterocycles. The molecule has 1 amide bonds. The molecule has 0 spiro atoms. The van der Waals surface area contributed by atoms with Gasteiger partial charge in [-0.15, -0.1) is 0 Å². The molecular weight excluding hydrogens is 433 g/mol. The van der Waals surface area contributed by atoms with E-state index in [-0.39, 0.29) is 30.7 Å². The zero-order valence-electron chi connectivity index (χ0n) is 19.2. The van der Waals surface area contributed by atoms with Crippen molar-refractivity contribution >= 4 is 11.7 Å². The summed E-state index contributed by atoms with van der Waals surface area (Å²) >= 11 is 0. The molecule has 1 aliphatic rings. The SMILES string of the molecule is Cc1cc(C)nc(-n2nc(C)c3c2NC(=O)CC3c2ccccc2OCc2cccc(F)c2)n1. The van der Waals surface area contributed by atoms with Crippen molar-refractivity contribution in [1.29, 1.82) is 0 Å².